The summed E-state index contributed by atoms with van der Waals surface area (Å²) in [5.41, 5.74) is 3.17. The van der Waals surface area contributed by atoms with Crippen LogP contribution >= 0.6 is 0 Å². The Morgan fingerprint density at radius 2 is 2.19 bits per heavy atom. The molecule has 7 heteroatoms. The molecule has 2 atom stereocenters. The van der Waals surface area contributed by atoms with Gasteiger partial charge in [-0.15, -0.1) is 0 Å². The summed E-state index contributed by atoms with van der Waals surface area (Å²) in [5.74, 6) is 1.09. The summed E-state index contributed by atoms with van der Waals surface area (Å²) in [5, 5.41) is 11.1. The quantitative estimate of drug-likeness (QED) is 0.735. The first-order valence-electron chi connectivity index (χ1n) is 9.11. The summed E-state index contributed by atoms with van der Waals surface area (Å²) in [6.07, 6.45) is 5.21. The fourth-order valence-electron chi connectivity index (χ4n) is 3.62. The lowest BCUT2D eigenvalue weighted by molar-refractivity contribution is -0.123. The van der Waals surface area contributed by atoms with Gasteiger partial charge in [0, 0.05) is 37.8 Å². The Labute approximate surface area is 152 Å². The average Bonchev–Trinajstić information content (AvgIpc) is 3.26. The number of nitrogens with one attached hydrogen (secondary N) is 2. The molecule has 3 heterocycles. The van der Waals surface area contributed by atoms with E-state index in [0.29, 0.717) is 13.0 Å². The zero-order chi connectivity index (χ0) is 18.1. The van der Waals surface area contributed by atoms with Crippen LogP contribution in [-0.4, -0.2) is 31.3 Å². The number of fused-ring (bicyclic) bond motifs is 1. The molecule has 1 amide bonds. The van der Waals surface area contributed by atoms with Crippen molar-refractivity contribution < 1.29 is 4.79 Å². The monoisotopic (exact) mass is 352 g/mol. The molecular weight excluding hydrogens is 328 g/mol. The SMILES string of the molecule is CCn1cc([C@@H]2NC(=O)CC[C@H]2NCc2nc3ccccc3n2C)cn1. The molecule has 7 nitrogen and oxygen atoms in total. The third kappa shape index (κ3) is 3.10. The first kappa shape index (κ1) is 16.8. The van der Waals surface area contributed by atoms with Crippen LogP contribution in [0.2, 0.25) is 0 Å². The lowest BCUT2D eigenvalue weighted by Crippen LogP contribution is -2.48. The number of aromatic nitrogens is 4. The van der Waals surface area contributed by atoms with Crippen LogP contribution in [0.5, 0.6) is 0 Å². The first-order valence-corrected chi connectivity index (χ1v) is 9.11. The number of hydrogen-bond donors (Lipinski definition) is 2. The second kappa shape index (κ2) is 6.92. The molecule has 136 valence electrons. The van der Waals surface area contributed by atoms with Crippen LogP contribution in [0.3, 0.4) is 0 Å². The van der Waals surface area contributed by atoms with E-state index in [1.807, 2.05) is 42.3 Å². The van der Waals surface area contributed by atoms with Gasteiger partial charge in [-0.3, -0.25) is 9.48 Å². The number of rotatable bonds is 5. The molecule has 0 unspecified atom stereocenters. The van der Waals surface area contributed by atoms with Crippen LogP contribution in [0.25, 0.3) is 11.0 Å². The van der Waals surface area contributed by atoms with Crippen molar-refractivity contribution in [1.29, 1.82) is 0 Å². The molecule has 1 aromatic carbocycles. The highest BCUT2D eigenvalue weighted by Crippen LogP contribution is 2.24. The standard InChI is InChI=1S/C19H24N6O/c1-3-25-12-13(10-21-25)19-15(8-9-18(26)23-19)20-11-17-22-14-6-4-5-7-16(14)24(17)2/h4-7,10,12,15,19-20H,3,8-9,11H2,1-2H3,(H,23,26)/t15-,19+/m1/s1. The van der Waals surface area contributed by atoms with E-state index >= 15 is 0 Å². The van der Waals surface area contributed by atoms with Crippen molar-refractivity contribution in [3.05, 3.63) is 48.0 Å². The fourth-order valence-corrected chi connectivity index (χ4v) is 3.62. The molecule has 0 spiro atoms. The molecule has 1 saturated heterocycles. The number of aryl methyl sites for hydroxylation is 2. The fraction of sp³-hybridized carbons (Fsp3) is 0.421. The van der Waals surface area contributed by atoms with Crippen molar-refractivity contribution in [3.8, 4) is 0 Å². The van der Waals surface area contributed by atoms with E-state index in [0.717, 1.165) is 35.4 Å². The van der Waals surface area contributed by atoms with Gasteiger partial charge in [0.15, 0.2) is 0 Å². The summed E-state index contributed by atoms with van der Waals surface area (Å²) >= 11 is 0. The van der Waals surface area contributed by atoms with E-state index in [1.54, 1.807) is 0 Å². The van der Waals surface area contributed by atoms with Gasteiger partial charge in [-0.2, -0.15) is 5.10 Å². The summed E-state index contributed by atoms with van der Waals surface area (Å²) in [4.78, 5) is 16.7. The summed E-state index contributed by atoms with van der Waals surface area (Å²) in [6.45, 7) is 3.53. The minimum atomic E-state index is -0.0637. The Balaban J connectivity index is 1.52. The molecule has 26 heavy (non-hydrogen) atoms. The lowest BCUT2D eigenvalue weighted by Gasteiger charge is -2.32. The molecule has 1 fully saturated rings. The van der Waals surface area contributed by atoms with Gasteiger partial charge in [0.1, 0.15) is 5.82 Å². The first-order chi connectivity index (χ1) is 12.7. The van der Waals surface area contributed by atoms with E-state index in [2.05, 4.69) is 33.3 Å². The molecule has 4 rings (SSSR count). The number of carbonyl (C=O) groups excluding carboxylic acids is 1. The lowest BCUT2D eigenvalue weighted by atomic mass is 9.94. The normalized spacial score (nSPS) is 20.5. The number of carbonyl (C=O) groups is 1. The van der Waals surface area contributed by atoms with Gasteiger partial charge in [-0.05, 0) is 25.5 Å². The number of benzene rings is 1. The van der Waals surface area contributed by atoms with Crippen LogP contribution in [0.4, 0.5) is 0 Å². The van der Waals surface area contributed by atoms with Crippen molar-refractivity contribution in [2.45, 2.75) is 44.9 Å². The van der Waals surface area contributed by atoms with Gasteiger partial charge < -0.3 is 15.2 Å². The third-order valence-electron chi connectivity index (χ3n) is 5.14. The van der Waals surface area contributed by atoms with Crippen molar-refractivity contribution in [2.24, 2.45) is 7.05 Å². The second-order valence-electron chi connectivity index (χ2n) is 6.78. The van der Waals surface area contributed by atoms with E-state index in [9.17, 15) is 4.79 Å². The number of imidazole rings is 1. The Morgan fingerprint density at radius 3 is 2.96 bits per heavy atom. The Kier molecular flexibility index (Phi) is 4.46. The minimum absolute atomic E-state index is 0.0637. The zero-order valence-corrected chi connectivity index (χ0v) is 15.1. The van der Waals surface area contributed by atoms with Crippen molar-refractivity contribution in [2.75, 3.05) is 0 Å². The largest absolute Gasteiger partial charge is 0.348 e. The van der Waals surface area contributed by atoms with Gasteiger partial charge in [0.25, 0.3) is 0 Å². The van der Waals surface area contributed by atoms with Crippen LogP contribution in [0.15, 0.2) is 36.7 Å². The third-order valence-corrected chi connectivity index (χ3v) is 5.14. The maximum Gasteiger partial charge on any atom is 0.220 e. The maximum absolute atomic E-state index is 11.9. The van der Waals surface area contributed by atoms with Crippen LogP contribution in [-0.2, 0) is 24.9 Å². The molecule has 1 aliphatic rings. The number of para-hydroxylation sites is 2. The Morgan fingerprint density at radius 1 is 1.35 bits per heavy atom. The van der Waals surface area contributed by atoms with Gasteiger partial charge in [0.2, 0.25) is 5.91 Å². The average molecular weight is 352 g/mol. The molecule has 0 saturated carbocycles. The predicted molar refractivity (Wildman–Crippen MR) is 99.4 cm³/mol. The van der Waals surface area contributed by atoms with Crippen LogP contribution in [0.1, 0.15) is 37.2 Å². The maximum atomic E-state index is 11.9. The molecule has 0 aliphatic carbocycles. The van der Waals surface area contributed by atoms with Crippen molar-refractivity contribution >= 4 is 16.9 Å². The topological polar surface area (TPSA) is 76.8 Å². The minimum Gasteiger partial charge on any atom is -0.348 e. The van der Waals surface area contributed by atoms with E-state index in [1.165, 1.54) is 0 Å². The Bertz CT molecular complexity index is 927. The van der Waals surface area contributed by atoms with Crippen LogP contribution < -0.4 is 10.6 Å². The number of nitrogens with zero attached hydrogens (tertiary/aromatic N) is 4. The van der Waals surface area contributed by atoms with Gasteiger partial charge in [-0.25, -0.2) is 4.98 Å². The highest BCUT2D eigenvalue weighted by Gasteiger charge is 2.30. The van der Waals surface area contributed by atoms with E-state index < -0.39 is 0 Å². The second-order valence-corrected chi connectivity index (χ2v) is 6.78. The highest BCUT2D eigenvalue weighted by molar-refractivity contribution is 5.77. The van der Waals surface area contributed by atoms with E-state index in [4.69, 9.17) is 4.98 Å². The van der Waals surface area contributed by atoms with Crippen molar-refractivity contribution in [1.82, 2.24) is 30.0 Å². The van der Waals surface area contributed by atoms with E-state index in [-0.39, 0.29) is 18.0 Å². The zero-order valence-electron chi connectivity index (χ0n) is 15.1. The molecule has 2 N–H and O–H groups in total. The highest BCUT2D eigenvalue weighted by atomic mass is 16.1. The van der Waals surface area contributed by atoms with Crippen LogP contribution in [0, 0.1) is 0 Å². The number of amides is 1. The summed E-state index contributed by atoms with van der Waals surface area (Å²) < 4.78 is 4.01. The predicted octanol–water partition coefficient (Wildman–Crippen LogP) is 1.90. The molecule has 2 aromatic heterocycles. The van der Waals surface area contributed by atoms with Gasteiger partial charge in [0.05, 0.1) is 29.8 Å². The van der Waals surface area contributed by atoms with Gasteiger partial charge in [-0.1, -0.05) is 12.1 Å². The number of piperidine rings is 1. The molecule has 0 radical (unpaired) electrons. The molecule has 0 bridgehead atoms. The summed E-state index contributed by atoms with van der Waals surface area (Å²) in [7, 11) is 2.04. The molecule has 1 aliphatic heterocycles. The Hall–Kier alpha value is -2.67. The van der Waals surface area contributed by atoms with Gasteiger partial charge >= 0.3 is 0 Å². The summed E-state index contributed by atoms with van der Waals surface area (Å²) in [6, 6.07) is 8.23. The molecular formula is C19H24N6O. The van der Waals surface area contributed by atoms with Crippen molar-refractivity contribution in [3.63, 3.8) is 0 Å². The number of hydrogen-bond acceptors (Lipinski definition) is 4. The molecule has 3 aromatic rings. The smallest absolute Gasteiger partial charge is 0.220 e.